The number of hydrogen-bond acceptors (Lipinski definition) is 5. The molecule has 1 aliphatic heterocycles. The first-order valence-electron chi connectivity index (χ1n) is 7.28. The lowest BCUT2D eigenvalue weighted by molar-refractivity contribution is -0.385. The van der Waals surface area contributed by atoms with Crippen LogP contribution in [0.3, 0.4) is 0 Å². The number of benzene rings is 1. The van der Waals surface area contributed by atoms with Crippen LogP contribution < -0.4 is 4.74 Å². The van der Waals surface area contributed by atoms with Crippen LogP contribution in [0.25, 0.3) is 0 Å². The van der Waals surface area contributed by atoms with Crippen molar-refractivity contribution in [2.24, 2.45) is 0 Å². The highest BCUT2D eigenvalue weighted by atomic mass is 35.5. The van der Waals surface area contributed by atoms with Gasteiger partial charge in [0, 0.05) is 23.4 Å². The fourth-order valence-electron chi connectivity index (χ4n) is 2.52. The minimum atomic E-state index is -0.489. The van der Waals surface area contributed by atoms with Gasteiger partial charge in [-0.05, 0) is 25.1 Å². The quantitative estimate of drug-likeness (QED) is 0.627. The third-order valence-corrected chi connectivity index (χ3v) is 4.16. The third kappa shape index (κ3) is 3.03. The molecule has 1 aromatic carbocycles. The van der Waals surface area contributed by atoms with E-state index in [1.807, 2.05) is 0 Å². The molecule has 2 aromatic rings. The van der Waals surface area contributed by atoms with Gasteiger partial charge in [0.15, 0.2) is 0 Å². The molecule has 0 unspecified atom stereocenters. The van der Waals surface area contributed by atoms with Gasteiger partial charge in [-0.1, -0.05) is 17.7 Å². The van der Waals surface area contributed by atoms with Crippen LogP contribution in [0.5, 0.6) is 5.88 Å². The number of nitro groups is 1. The van der Waals surface area contributed by atoms with E-state index in [0.29, 0.717) is 35.1 Å². The van der Waals surface area contributed by atoms with Gasteiger partial charge in [-0.25, -0.2) is 4.98 Å². The molecule has 0 radical (unpaired) electrons. The second-order valence-electron chi connectivity index (χ2n) is 5.45. The predicted molar refractivity (Wildman–Crippen MR) is 87.4 cm³/mol. The number of likely N-dealkylation sites (tertiary alicyclic amines) is 1. The van der Waals surface area contributed by atoms with Crippen LogP contribution in [0.4, 0.5) is 5.69 Å². The molecule has 124 valence electrons. The number of carbonyl (C=O) groups excluding carboxylic acids is 1. The maximum absolute atomic E-state index is 12.5. The minimum absolute atomic E-state index is 0.0607. The summed E-state index contributed by atoms with van der Waals surface area (Å²) in [4.78, 5) is 28.6. The predicted octanol–water partition coefficient (Wildman–Crippen LogP) is 2.86. The first-order chi connectivity index (χ1) is 11.5. The average Bonchev–Trinajstić information content (AvgIpc) is 2.51. The third-order valence-electron chi connectivity index (χ3n) is 3.87. The first kappa shape index (κ1) is 16.2. The van der Waals surface area contributed by atoms with Crippen molar-refractivity contribution in [3.8, 4) is 5.88 Å². The van der Waals surface area contributed by atoms with Crippen LogP contribution in [-0.2, 0) is 0 Å². The second kappa shape index (κ2) is 6.45. The Balaban J connectivity index is 1.66. The smallest absolute Gasteiger partial charge is 0.273 e. The van der Waals surface area contributed by atoms with Gasteiger partial charge in [-0.2, -0.15) is 0 Å². The Kier molecular flexibility index (Phi) is 4.35. The highest BCUT2D eigenvalue weighted by molar-refractivity contribution is 6.31. The zero-order valence-electron chi connectivity index (χ0n) is 12.8. The lowest BCUT2D eigenvalue weighted by Gasteiger charge is -2.38. The summed E-state index contributed by atoms with van der Waals surface area (Å²) in [5.41, 5.74) is 0.637. The fourth-order valence-corrected chi connectivity index (χ4v) is 2.68. The van der Waals surface area contributed by atoms with Crippen molar-refractivity contribution < 1.29 is 14.5 Å². The molecule has 1 saturated heterocycles. The Morgan fingerprint density at radius 2 is 2.12 bits per heavy atom. The topological polar surface area (TPSA) is 85.6 Å². The molecule has 2 heterocycles. The standard InChI is InChI=1S/C16H14ClN3O4/c1-10-12(4-2-6-14(10)20(22)23)16(21)19-8-11(9-19)24-15-13(17)5-3-7-18-15/h2-7,11H,8-9H2,1H3. The van der Waals surface area contributed by atoms with Crippen molar-refractivity contribution in [3.63, 3.8) is 0 Å². The number of rotatable bonds is 4. The number of nitrogens with zero attached hydrogens (tertiary/aromatic N) is 3. The van der Waals surface area contributed by atoms with Crippen LogP contribution in [-0.4, -0.2) is 39.9 Å². The number of carbonyl (C=O) groups is 1. The SMILES string of the molecule is Cc1c(C(=O)N2CC(Oc3ncccc3Cl)C2)cccc1[N+](=O)[O-]. The van der Waals surface area contributed by atoms with E-state index in [4.69, 9.17) is 16.3 Å². The monoisotopic (exact) mass is 347 g/mol. The molecule has 1 aliphatic rings. The average molecular weight is 348 g/mol. The molecule has 0 spiro atoms. The van der Waals surface area contributed by atoms with Crippen molar-refractivity contribution in [3.05, 3.63) is 62.8 Å². The summed E-state index contributed by atoms with van der Waals surface area (Å²) in [7, 11) is 0. The van der Waals surface area contributed by atoms with E-state index in [2.05, 4.69) is 4.98 Å². The van der Waals surface area contributed by atoms with Gasteiger partial charge in [-0.3, -0.25) is 14.9 Å². The van der Waals surface area contributed by atoms with E-state index in [-0.39, 0.29) is 17.7 Å². The molecule has 0 bridgehead atoms. The summed E-state index contributed by atoms with van der Waals surface area (Å²) in [5, 5.41) is 11.4. The summed E-state index contributed by atoms with van der Waals surface area (Å²) in [6.45, 7) is 2.34. The molecule has 0 atom stereocenters. The van der Waals surface area contributed by atoms with Gasteiger partial charge in [0.05, 0.1) is 18.0 Å². The second-order valence-corrected chi connectivity index (χ2v) is 5.85. The van der Waals surface area contributed by atoms with Crippen LogP contribution in [0, 0.1) is 17.0 Å². The van der Waals surface area contributed by atoms with Gasteiger partial charge in [0.1, 0.15) is 11.1 Å². The number of amides is 1. The Bertz CT molecular complexity index is 806. The molecular weight excluding hydrogens is 334 g/mol. The molecule has 1 amide bonds. The normalized spacial score (nSPS) is 14.2. The fraction of sp³-hybridized carbons (Fsp3) is 0.250. The van der Waals surface area contributed by atoms with Crippen molar-refractivity contribution in [2.45, 2.75) is 13.0 Å². The molecule has 0 N–H and O–H groups in total. The van der Waals surface area contributed by atoms with Crippen molar-refractivity contribution in [2.75, 3.05) is 13.1 Å². The Hall–Kier alpha value is -2.67. The number of nitro benzene ring substituents is 1. The summed E-state index contributed by atoms with van der Waals surface area (Å²) in [5.74, 6) is 0.0889. The van der Waals surface area contributed by atoms with Crippen LogP contribution in [0.1, 0.15) is 15.9 Å². The highest BCUT2D eigenvalue weighted by Gasteiger charge is 2.34. The molecule has 0 saturated carbocycles. The van der Waals surface area contributed by atoms with Gasteiger partial charge >= 0.3 is 0 Å². The van der Waals surface area contributed by atoms with Crippen LogP contribution >= 0.6 is 11.6 Å². The summed E-state index contributed by atoms with van der Waals surface area (Å²) in [6, 6.07) is 7.88. The number of halogens is 1. The Morgan fingerprint density at radius 3 is 2.79 bits per heavy atom. The molecule has 1 aromatic heterocycles. The number of aromatic nitrogens is 1. The Labute approximate surface area is 143 Å². The number of hydrogen-bond donors (Lipinski definition) is 0. The molecular formula is C16H14ClN3O4. The summed E-state index contributed by atoms with van der Waals surface area (Å²) >= 11 is 5.98. The van der Waals surface area contributed by atoms with Gasteiger partial charge in [0.2, 0.25) is 5.88 Å². The zero-order chi connectivity index (χ0) is 17.3. The Morgan fingerprint density at radius 1 is 1.38 bits per heavy atom. The number of ether oxygens (including phenoxy) is 1. The maximum Gasteiger partial charge on any atom is 0.273 e. The van der Waals surface area contributed by atoms with E-state index in [9.17, 15) is 14.9 Å². The van der Waals surface area contributed by atoms with E-state index in [1.54, 1.807) is 36.2 Å². The summed E-state index contributed by atoms with van der Waals surface area (Å²) < 4.78 is 5.64. The van der Waals surface area contributed by atoms with E-state index in [0.717, 1.165) is 0 Å². The molecule has 7 nitrogen and oxygen atoms in total. The van der Waals surface area contributed by atoms with Gasteiger partial charge < -0.3 is 9.64 Å². The first-order valence-corrected chi connectivity index (χ1v) is 7.65. The molecule has 8 heteroatoms. The van der Waals surface area contributed by atoms with Gasteiger partial charge in [-0.15, -0.1) is 0 Å². The highest BCUT2D eigenvalue weighted by Crippen LogP contribution is 2.27. The van der Waals surface area contributed by atoms with E-state index >= 15 is 0 Å². The minimum Gasteiger partial charge on any atom is -0.470 e. The van der Waals surface area contributed by atoms with E-state index < -0.39 is 4.92 Å². The lowest BCUT2D eigenvalue weighted by Crippen LogP contribution is -2.56. The molecule has 24 heavy (non-hydrogen) atoms. The van der Waals surface area contributed by atoms with E-state index in [1.165, 1.54) is 12.1 Å². The maximum atomic E-state index is 12.5. The lowest BCUT2D eigenvalue weighted by atomic mass is 10.0. The van der Waals surface area contributed by atoms with Gasteiger partial charge in [0.25, 0.3) is 11.6 Å². The molecule has 3 rings (SSSR count). The summed E-state index contributed by atoms with van der Waals surface area (Å²) in [6.07, 6.45) is 1.38. The van der Waals surface area contributed by atoms with Crippen molar-refractivity contribution >= 4 is 23.2 Å². The van der Waals surface area contributed by atoms with Crippen LogP contribution in [0.15, 0.2) is 36.5 Å². The molecule has 1 fully saturated rings. The largest absolute Gasteiger partial charge is 0.470 e. The molecule has 0 aliphatic carbocycles. The zero-order valence-corrected chi connectivity index (χ0v) is 13.6. The number of pyridine rings is 1. The van der Waals surface area contributed by atoms with Crippen LogP contribution in [0.2, 0.25) is 5.02 Å². The van der Waals surface area contributed by atoms with Crippen molar-refractivity contribution in [1.29, 1.82) is 0 Å². The van der Waals surface area contributed by atoms with Crippen molar-refractivity contribution in [1.82, 2.24) is 9.88 Å².